The Labute approximate surface area is 172 Å². The third-order valence-corrected chi connectivity index (χ3v) is 4.29. The second kappa shape index (κ2) is 9.77. The maximum absolute atomic E-state index is 12.7. The van der Waals surface area contributed by atoms with Gasteiger partial charge in [-0.15, -0.1) is 0 Å². The van der Waals surface area contributed by atoms with Crippen molar-refractivity contribution in [2.75, 3.05) is 27.8 Å². The summed E-state index contributed by atoms with van der Waals surface area (Å²) >= 11 is 2.08. The Morgan fingerprint density at radius 2 is 1.85 bits per heavy atom. The first kappa shape index (κ1) is 23.0. The van der Waals surface area contributed by atoms with Gasteiger partial charge in [0.05, 0.1) is 17.8 Å². The molecular formula is C18H25IN2O6. The summed E-state index contributed by atoms with van der Waals surface area (Å²) in [4.78, 5) is 37.8. The molecule has 0 aliphatic rings. The normalized spacial score (nSPS) is 12.0. The van der Waals surface area contributed by atoms with Crippen molar-refractivity contribution in [3.63, 3.8) is 0 Å². The minimum absolute atomic E-state index is 0.304. The number of ether oxygens (including phenoxy) is 3. The first-order valence-corrected chi connectivity index (χ1v) is 9.21. The summed E-state index contributed by atoms with van der Waals surface area (Å²) in [5.74, 6) is -0.478. The molecule has 1 unspecified atom stereocenters. The molecule has 2 amide bonds. The lowest BCUT2D eigenvalue weighted by Crippen LogP contribution is -2.44. The highest BCUT2D eigenvalue weighted by atomic mass is 127. The Morgan fingerprint density at radius 1 is 1.22 bits per heavy atom. The van der Waals surface area contributed by atoms with Crippen molar-refractivity contribution in [3.05, 3.63) is 27.3 Å². The molecule has 1 rings (SSSR count). The molecule has 0 bridgehead atoms. The predicted molar refractivity (Wildman–Crippen MR) is 107 cm³/mol. The number of carbonyl (C=O) groups is 3. The molecule has 0 aliphatic heterocycles. The molecule has 1 aromatic carbocycles. The number of nitrogens with one attached hydrogen (secondary N) is 1. The SMILES string of the molecule is COC(=O)CNC(=O)C(c1ccc(OC)c(I)c1)N(C)C(=O)OC(C)(C)C. The zero-order chi connectivity index (χ0) is 20.8. The van der Waals surface area contributed by atoms with Crippen molar-refractivity contribution in [2.45, 2.75) is 32.4 Å². The average molecular weight is 492 g/mol. The number of methoxy groups -OCH3 is 2. The summed E-state index contributed by atoms with van der Waals surface area (Å²) in [5, 5.41) is 2.48. The number of esters is 1. The number of rotatable bonds is 6. The third kappa shape index (κ3) is 6.89. The highest BCUT2D eigenvalue weighted by Crippen LogP contribution is 2.28. The second-order valence-electron chi connectivity index (χ2n) is 6.68. The number of hydrogen-bond donors (Lipinski definition) is 1. The first-order chi connectivity index (χ1) is 12.5. The lowest BCUT2D eigenvalue weighted by molar-refractivity contribution is -0.141. The molecule has 1 aromatic rings. The smallest absolute Gasteiger partial charge is 0.410 e. The summed E-state index contributed by atoms with van der Waals surface area (Å²) in [6.45, 7) is 4.91. The molecule has 0 saturated heterocycles. The number of hydrogen-bond acceptors (Lipinski definition) is 6. The van der Waals surface area contributed by atoms with Crippen LogP contribution in [0.15, 0.2) is 18.2 Å². The third-order valence-electron chi connectivity index (χ3n) is 3.44. The molecular weight excluding hydrogens is 467 g/mol. The Kier molecular flexibility index (Phi) is 8.32. The summed E-state index contributed by atoms with van der Waals surface area (Å²) in [6.07, 6.45) is -0.661. The van der Waals surface area contributed by atoms with E-state index in [9.17, 15) is 14.4 Å². The topological polar surface area (TPSA) is 94.2 Å². The van der Waals surface area contributed by atoms with E-state index in [1.165, 1.54) is 19.1 Å². The summed E-state index contributed by atoms with van der Waals surface area (Å²) in [6, 6.07) is 4.14. The molecule has 0 aliphatic carbocycles. The molecule has 0 radical (unpaired) electrons. The number of carbonyl (C=O) groups excluding carboxylic acids is 3. The van der Waals surface area contributed by atoms with Gasteiger partial charge in [0.1, 0.15) is 23.9 Å². The summed E-state index contributed by atoms with van der Waals surface area (Å²) in [7, 11) is 4.24. The van der Waals surface area contributed by atoms with Gasteiger partial charge in [-0.05, 0) is 61.1 Å². The van der Waals surface area contributed by atoms with Crippen LogP contribution in [0.3, 0.4) is 0 Å². The largest absolute Gasteiger partial charge is 0.496 e. The van der Waals surface area contributed by atoms with Crippen LogP contribution in [0.1, 0.15) is 32.4 Å². The fourth-order valence-electron chi connectivity index (χ4n) is 2.17. The van der Waals surface area contributed by atoms with Crippen molar-refractivity contribution in [3.8, 4) is 5.75 Å². The second-order valence-corrected chi connectivity index (χ2v) is 7.84. The van der Waals surface area contributed by atoms with Gasteiger partial charge in [-0.1, -0.05) is 6.07 Å². The van der Waals surface area contributed by atoms with Crippen LogP contribution >= 0.6 is 22.6 Å². The summed E-state index contributed by atoms with van der Waals surface area (Å²) < 4.78 is 15.9. The Balaban J connectivity index is 3.19. The molecule has 0 spiro atoms. The van der Waals surface area contributed by atoms with E-state index in [1.807, 2.05) is 0 Å². The zero-order valence-corrected chi connectivity index (χ0v) is 18.4. The maximum atomic E-state index is 12.7. The zero-order valence-electron chi connectivity index (χ0n) is 16.3. The van der Waals surface area contributed by atoms with Crippen molar-refractivity contribution >= 4 is 40.6 Å². The van der Waals surface area contributed by atoms with Crippen molar-refractivity contribution in [1.82, 2.24) is 10.2 Å². The number of nitrogens with zero attached hydrogens (tertiary/aromatic N) is 1. The molecule has 1 atom stereocenters. The monoisotopic (exact) mass is 492 g/mol. The fourth-order valence-corrected chi connectivity index (χ4v) is 2.93. The van der Waals surface area contributed by atoms with E-state index >= 15 is 0 Å². The minimum atomic E-state index is -0.996. The first-order valence-electron chi connectivity index (χ1n) is 8.14. The standard InChI is InChI=1S/C18H25IN2O6/c1-18(2,3)27-17(24)21(4)15(16(23)20-10-14(22)26-6)11-7-8-13(25-5)12(19)9-11/h7-9,15H,10H2,1-6H3,(H,20,23). The van der Waals surface area contributed by atoms with Crippen LogP contribution in [-0.4, -0.2) is 56.3 Å². The average Bonchev–Trinajstić information content (AvgIpc) is 2.58. The Bertz CT molecular complexity index is 702. The van der Waals surface area contributed by atoms with E-state index < -0.39 is 29.6 Å². The van der Waals surface area contributed by atoms with E-state index in [-0.39, 0.29) is 6.54 Å². The quantitative estimate of drug-likeness (QED) is 0.485. The van der Waals surface area contributed by atoms with Gasteiger partial charge in [-0.25, -0.2) is 4.79 Å². The van der Waals surface area contributed by atoms with Gasteiger partial charge < -0.3 is 19.5 Å². The highest BCUT2D eigenvalue weighted by Gasteiger charge is 2.32. The van der Waals surface area contributed by atoms with Crippen LogP contribution in [-0.2, 0) is 19.1 Å². The van der Waals surface area contributed by atoms with Crippen LogP contribution in [0.5, 0.6) is 5.75 Å². The van der Waals surface area contributed by atoms with Crippen LogP contribution in [0.4, 0.5) is 4.79 Å². The van der Waals surface area contributed by atoms with Gasteiger partial charge in [-0.2, -0.15) is 0 Å². The number of likely N-dealkylation sites (N-methyl/N-ethyl adjacent to an activating group) is 1. The van der Waals surface area contributed by atoms with Crippen molar-refractivity contribution < 1.29 is 28.6 Å². The molecule has 0 fully saturated rings. The fraction of sp³-hybridized carbons (Fsp3) is 0.500. The van der Waals surface area contributed by atoms with Gasteiger partial charge in [-0.3, -0.25) is 14.5 Å². The van der Waals surface area contributed by atoms with Crippen LogP contribution < -0.4 is 10.1 Å². The van der Waals surface area contributed by atoms with Gasteiger partial charge in [0.15, 0.2) is 0 Å². The van der Waals surface area contributed by atoms with Gasteiger partial charge >= 0.3 is 12.1 Å². The van der Waals surface area contributed by atoms with Crippen LogP contribution in [0, 0.1) is 3.57 Å². The maximum Gasteiger partial charge on any atom is 0.410 e. The highest BCUT2D eigenvalue weighted by molar-refractivity contribution is 14.1. The molecule has 8 nitrogen and oxygen atoms in total. The number of halogens is 1. The van der Waals surface area contributed by atoms with E-state index in [0.29, 0.717) is 11.3 Å². The van der Waals surface area contributed by atoms with Crippen molar-refractivity contribution in [2.24, 2.45) is 0 Å². The number of benzene rings is 1. The van der Waals surface area contributed by atoms with Gasteiger partial charge in [0.25, 0.3) is 0 Å². The lowest BCUT2D eigenvalue weighted by Gasteiger charge is -2.30. The van der Waals surface area contributed by atoms with E-state index in [4.69, 9.17) is 9.47 Å². The molecule has 9 heteroatoms. The molecule has 0 aromatic heterocycles. The Morgan fingerprint density at radius 3 is 2.33 bits per heavy atom. The van der Waals surface area contributed by atoms with Crippen LogP contribution in [0.2, 0.25) is 0 Å². The predicted octanol–water partition coefficient (Wildman–Crippen LogP) is 2.50. The lowest BCUT2D eigenvalue weighted by atomic mass is 10.0. The molecule has 150 valence electrons. The van der Waals surface area contributed by atoms with Crippen LogP contribution in [0.25, 0.3) is 0 Å². The molecule has 1 N–H and O–H groups in total. The Hall–Kier alpha value is -2.04. The summed E-state index contributed by atoms with van der Waals surface area (Å²) in [5.41, 5.74) is -0.164. The van der Waals surface area contributed by atoms with Gasteiger partial charge in [0, 0.05) is 7.05 Å². The minimum Gasteiger partial charge on any atom is -0.496 e. The van der Waals surface area contributed by atoms with E-state index in [2.05, 4.69) is 32.6 Å². The molecule has 0 heterocycles. The van der Waals surface area contributed by atoms with E-state index in [1.54, 1.807) is 46.1 Å². The van der Waals surface area contributed by atoms with Crippen molar-refractivity contribution in [1.29, 1.82) is 0 Å². The molecule has 0 saturated carbocycles. The molecule has 27 heavy (non-hydrogen) atoms. The van der Waals surface area contributed by atoms with Gasteiger partial charge in [0.2, 0.25) is 5.91 Å². The number of amides is 2. The van der Waals surface area contributed by atoms with E-state index in [0.717, 1.165) is 3.57 Å².